The maximum Gasteiger partial charge on any atom is 0.0636 e. The molecule has 0 fully saturated rings. The summed E-state index contributed by atoms with van der Waals surface area (Å²) in [6, 6.07) is 1.91. The van der Waals surface area contributed by atoms with Gasteiger partial charge in [-0.15, -0.1) is 0 Å². The Hall–Kier alpha value is -3.90. The fourth-order valence-electron chi connectivity index (χ4n) is 3.83. The van der Waals surface area contributed by atoms with E-state index in [1.165, 1.54) is 0 Å². The third-order valence-electron chi connectivity index (χ3n) is 5.07. The van der Waals surface area contributed by atoms with Gasteiger partial charge in [0.15, 0.2) is 0 Å². The lowest BCUT2D eigenvalue weighted by molar-refractivity contribution is 1.64. The Kier molecular flexibility index (Phi) is 1.85. The van der Waals surface area contributed by atoms with Crippen LogP contribution in [0.3, 0.4) is 0 Å². The first-order valence-electron chi connectivity index (χ1n) is 16.2. The van der Waals surface area contributed by atoms with Crippen molar-refractivity contribution in [1.82, 2.24) is 0 Å². The zero-order valence-corrected chi connectivity index (χ0v) is 15.5. The molecule has 0 nitrogen and oxygen atoms in total. The molecule has 0 aromatic heterocycles. The lowest BCUT2D eigenvalue weighted by Gasteiger charge is -2.18. The third kappa shape index (κ3) is 2.62. The van der Waals surface area contributed by atoms with Gasteiger partial charge in [0.2, 0.25) is 0 Å². The summed E-state index contributed by atoms with van der Waals surface area (Å²) >= 11 is 0. The average Bonchev–Trinajstić information content (AvgIpc) is 3.02. The summed E-state index contributed by atoms with van der Waals surface area (Å²) in [5.74, 6) is 0. The van der Waals surface area contributed by atoms with Gasteiger partial charge in [0.05, 0.1) is 19.2 Å². The molecule has 0 bridgehead atoms. The largest absolute Gasteiger partial charge is 0.0636 e. The summed E-state index contributed by atoms with van der Waals surface area (Å²) in [6.07, 6.45) is 0. The van der Waals surface area contributed by atoms with E-state index in [0.29, 0.717) is 10.8 Å². The molecule has 0 aliphatic heterocycles. The molecule has 0 radical (unpaired) electrons. The second kappa shape index (κ2) is 6.86. The highest BCUT2D eigenvalue weighted by molar-refractivity contribution is 6.17. The Morgan fingerprint density at radius 1 is 0.467 bits per heavy atom. The van der Waals surface area contributed by atoms with Gasteiger partial charge in [0.25, 0.3) is 0 Å². The van der Waals surface area contributed by atoms with Crippen molar-refractivity contribution in [3.8, 4) is 22.3 Å². The van der Waals surface area contributed by atoms with E-state index in [1.807, 2.05) is 0 Å². The molecule has 0 saturated heterocycles. The number of hydrogen-bond donors (Lipinski definition) is 0. The van der Waals surface area contributed by atoms with E-state index in [0.717, 1.165) is 0 Å². The molecule has 0 amide bonds. The average molecular weight is 395 g/mol. The smallest absolute Gasteiger partial charge is 0.0622 e. The van der Waals surface area contributed by atoms with Crippen LogP contribution >= 0.6 is 0 Å². The Morgan fingerprint density at radius 3 is 1.83 bits per heavy atom. The molecule has 0 unspecified atom stereocenters. The molecular formula is C30H20. The highest BCUT2D eigenvalue weighted by atomic mass is 14.2. The van der Waals surface area contributed by atoms with Crippen LogP contribution < -0.4 is 0 Å². The van der Waals surface area contributed by atoms with Gasteiger partial charge in [-0.05, 0) is 60.6 Å². The predicted octanol–water partition coefficient (Wildman–Crippen LogP) is 8.48. The van der Waals surface area contributed by atoms with Crippen molar-refractivity contribution in [1.29, 1.82) is 0 Å². The summed E-state index contributed by atoms with van der Waals surface area (Å²) in [7, 11) is 0. The van der Waals surface area contributed by atoms with Crippen molar-refractivity contribution in [2.24, 2.45) is 0 Å². The molecule has 0 heterocycles. The zero-order chi connectivity index (χ0) is 32.1. The Morgan fingerprint density at radius 2 is 1.10 bits per heavy atom. The van der Waals surface area contributed by atoms with Crippen molar-refractivity contribution >= 4 is 32.3 Å². The molecule has 0 saturated carbocycles. The van der Waals surface area contributed by atoms with Crippen LogP contribution in [0, 0.1) is 0 Å². The highest BCUT2D eigenvalue weighted by Gasteiger charge is 2.16. The van der Waals surface area contributed by atoms with E-state index in [4.69, 9.17) is 19.2 Å². The molecule has 0 aliphatic rings. The van der Waals surface area contributed by atoms with Gasteiger partial charge in [0, 0.05) is 0 Å². The van der Waals surface area contributed by atoms with Gasteiger partial charge >= 0.3 is 0 Å². The number of benzene rings is 6. The molecule has 30 heavy (non-hydrogen) atoms. The SMILES string of the molecule is [2H]c1c([2H])c([2H])c(-c2c(-c3c4c([2H])c([2H])c([2H])c([2H])c4c([2H])c4c([2H])c([2H])c([2H])c([2H])c34)ccc3ccccc23)c([2H])c1[2H]. The van der Waals surface area contributed by atoms with Crippen molar-refractivity contribution < 1.29 is 19.2 Å². The maximum absolute atomic E-state index is 8.97. The zero-order valence-electron chi connectivity index (χ0n) is 29.5. The van der Waals surface area contributed by atoms with Gasteiger partial charge in [0.1, 0.15) is 0 Å². The molecule has 0 N–H and O–H groups in total. The number of fused-ring (bicyclic) bond motifs is 3. The van der Waals surface area contributed by atoms with E-state index in [-0.39, 0.29) is 43.8 Å². The fourth-order valence-corrected chi connectivity index (χ4v) is 3.83. The van der Waals surface area contributed by atoms with Crippen molar-refractivity contribution in [2.45, 2.75) is 0 Å². The first-order chi connectivity index (χ1) is 20.7. The Balaban J connectivity index is 2.03. The van der Waals surface area contributed by atoms with Crippen LogP contribution in [-0.4, -0.2) is 0 Å². The first kappa shape index (κ1) is 8.08. The molecular weight excluding hydrogens is 360 g/mol. The van der Waals surface area contributed by atoms with Gasteiger partial charge < -0.3 is 0 Å². The van der Waals surface area contributed by atoms with Crippen molar-refractivity contribution in [2.75, 3.05) is 0 Å². The lowest BCUT2D eigenvalue weighted by Crippen LogP contribution is -1.91. The van der Waals surface area contributed by atoms with E-state index in [9.17, 15) is 0 Å². The van der Waals surface area contributed by atoms with Gasteiger partial charge in [-0.3, -0.25) is 0 Å². The van der Waals surface area contributed by atoms with Crippen LogP contribution in [0.4, 0.5) is 0 Å². The molecule has 140 valence electrons. The van der Waals surface area contributed by atoms with Crippen LogP contribution in [0.2, 0.25) is 0 Å². The van der Waals surface area contributed by atoms with E-state index in [1.54, 1.807) is 36.4 Å². The fraction of sp³-hybridized carbons (Fsp3) is 0. The van der Waals surface area contributed by atoms with Crippen LogP contribution in [0.15, 0.2) is 121 Å². The van der Waals surface area contributed by atoms with Gasteiger partial charge in [-0.25, -0.2) is 0 Å². The Labute approximate surface area is 195 Å². The summed E-state index contributed by atoms with van der Waals surface area (Å²) in [5, 5.41) is 0.117. The minimum atomic E-state index is -0.633. The summed E-state index contributed by atoms with van der Waals surface area (Å²) in [6.45, 7) is 0. The van der Waals surface area contributed by atoms with Crippen molar-refractivity contribution in [3.63, 3.8) is 0 Å². The molecule has 6 aromatic carbocycles. The van der Waals surface area contributed by atoms with Crippen LogP contribution in [0.5, 0.6) is 0 Å². The number of rotatable bonds is 2. The lowest BCUT2D eigenvalue weighted by atomic mass is 9.85. The molecule has 6 aromatic rings. The van der Waals surface area contributed by atoms with Gasteiger partial charge in [-0.1, -0.05) is 115 Å². The quantitative estimate of drug-likeness (QED) is 0.258. The highest BCUT2D eigenvalue weighted by Crippen LogP contribution is 2.43. The van der Waals surface area contributed by atoms with E-state index >= 15 is 0 Å². The summed E-state index contributed by atoms with van der Waals surface area (Å²) in [5.41, 5.74) is -0.0502. The molecule has 0 spiro atoms. The standard InChI is InChI=1S/C30H20/c1-2-11-22(12-3-1)29-25-15-7-4-10-21(25)18-19-28(29)30-26-16-8-5-13-23(26)20-24-14-6-9-17-27(24)30/h1-20H/i1D,2D,3D,5D,6D,8D,9D,11D,12D,13D,14D,16D,17D,20D. The van der Waals surface area contributed by atoms with Crippen LogP contribution in [0.25, 0.3) is 54.6 Å². The van der Waals surface area contributed by atoms with Gasteiger partial charge in [-0.2, -0.15) is 0 Å². The van der Waals surface area contributed by atoms with Crippen molar-refractivity contribution in [3.05, 3.63) is 121 Å². The van der Waals surface area contributed by atoms with Crippen LogP contribution in [0.1, 0.15) is 19.2 Å². The summed E-state index contributed by atoms with van der Waals surface area (Å²) in [4.78, 5) is 0. The minimum absolute atomic E-state index is 0.0717. The third-order valence-corrected chi connectivity index (χ3v) is 5.07. The normalized spacial score (nSPS) is 17.9. The number of hydrogen-bond acceptors (Lipinski definition) is 0. The summed E-state index contributed by atoms with van der Waals surface area (Å²) < 4.78 is 120. The maximum atomic E-state index is 8.97. The van der Waals surface area contributed by atoms with E-state index in [2.05, 4.69) is 0 Å². The first-order valence-corrected chi connectivity index (χ1v) is 9.24. The Bertz CT molecular complexity index is 2160. The predicted molar refractivity (Wildman–Crippen MR) is 130 cm³/mol. The molecule has 0 heteroatoms. The topological polar surface area (TPSA) is 0 Å². The van der Waals surface area contributed by atoms with Crippen LogP contribution in [-0.2, 0) is 0 Å². The molecule has 0 atom stereocenters. The second-order valence-corrected chi connectivity index (χ2v) is 6.71. The second-order valence-electron chi connectivity index (χ2n) is 6.71. The molecule has 0 aliphatic carbocycles. The van der Waals surface area contributed by atoms with E-state index < -0.39 is 84.6 Å². The monoisotopic (exact) mass is 394 g/mol. The minimum Gasteiger partial charge on any atom is -0.0622 e. The molecule has 6 rings (SSSR count).